The van der Waals surface area contributed by atoms with Crippen molar-refractivity contribution < 1.29 is 9.18 Å². The van der Waals surface area contributed by atoms with Gasteiger partial charge >= 0.3 is 0 Å². The molecule has 2 atom stereocenters. The molecule has 1 amide bonds. The third-order valence-corrected chi connectivity index (χ3v) is 5.55. The summed E-state index contributed by atoms with van der Waals surface area (Å²) in [4.78, 5) is 25.5. The number of carbonyl (C=O) groups excluding carboxylic acids is 1. The molecular weight excluding hydrogens is 333 g/mol. The molecule has 1 aromatic heterocycles. The van der Waals surface area contributed by atoms with Crippen LogP contribution in [-0.4, -0.2) is 40.7 Å². The number of nitrogens with two attached hydrogens (primary N) is 1. The van der Waals surface area contributed by atoms with E-state index < -0.39 is 12.2 Å². The highest BCUT2D eigenvalue weighted by molar-refractivity contribution is 5.84. The van der Waals surface area contributed by atoms with Crippen LogP contribution in [0.25, 0.3) is 11.1 Å². The number of aryl methyl sites for hydroxylation is 2. The molecule has 2 aliphatic rings. The zero-order valence-corrected chi connectivity index (χ0v) is 14.7. The highest BCUT2D eigenvalue weighted by atomic mass is 19.1. The van der Waals surface area contributed by atoms with Crippen LogP contribution in [0.15, 0.2) is 41.3 Å². The monoisotopic (exact) mass is 355 g/mol. The van der Waals surface area contributed by atoms with Gasteiger partial charge in [0.05, 0.1) is 19.1 Å². The van der Waals surface area contributed by atoms with Gasteiger partial charge in [-0.25, -0.2) is 4.39 Å². The molecule has 0 unspecified atom stereocenters. The lowest BCUT2D eigenvalue weighted by Gasteiger charge is -2.37. The van der Waals surface area contributed by atoms with E-state index in [0.717, 1.165) is 29.5 Å². The average molecular weight is 355 g/mol. The largest absolute Gasteiger partial charge is 0.335 e. The Morgan fingerprint density at radius 3 is 2.65 bits per heavy atom. The van der Waals surface area contributed by atoms with Gasteiger partial charge in [-0.2, -0.15) is 0 Å². The highest BCUT2D eigenvalue weighted by Crippen LogP contribution is 2.37. The van der Waals surface area contributed by atoms with Gasteiger partial charge in [0.2, 0.25) is 11.5 Å². The third-order valence-electron chi connectivity index (χ3n) is 5.55. The van der Waals surface area contributed by atoms with Crippen LogP contribution in [0.2, 0.25) is 0 Å². The second-order valence-corrected chi connectivity index (χ2v) is 7.29. The molecule has 0 radical (unpaired) electrons. The Bertz CT molecular complexity index is 918. The molecule has 6 heteroatoms. The maximum atomic E-state index is 13.0. The fraction of sp³-hybridized carbons (Fsp3) is 0.400. The molecule has 0 spiro atoms. The summed E-state index contributed by atoms with van der Waals surface area (Å²) in [6.07, 6.45) is 2.60. The van der Waals surface area contributed by atoms with E-state index in [9.17, 15) is 14.0 Å². The summed E-state index contributed by atoms with van der Waals surface area (Å²) in [5.74, 6) is -0.177. The van der Waals surface area contributed by atoms with Gasteiger partial charge in [-0.05, 0) is 41.2 Å². The lowest BCUT2D eigenvalue weighted by atomic mass is 9.91. The molecule has 1 aliphatic carbocycles. The van der Waals surface area contributed by atoms with Crippen molar-refractivity contribution in [3.63, 3.8) is 0 Å². The molecule has 1 aromatic carbocycles. The SMILES string of the molecule is Cn1cc(-c2ccc3c(c2)CC[C@@H]3[C@H](N)C(=O)N2CC(F)C2)ccc1=O. The summed E-state index contributed by atoms with van der Waals surface area (Å²) in [7, 11) is 1.73. The van der Waals surface area contributed by atoms with Crippen molar-refractivity contribution in [2.45, 2.75) is 31.0 Å². The Morgan fingerprint density at radius 2 is 1.96 bits per heavy atom. The minimum atomic E-state index is -0.911. The lowest BCUT2D eigenvalue weighted by Crippen LogP contribution is -2.57. The quantitative estimate of drug-likeness (QED) is 0.909. The Morgan fingerprint density at radius 1 is 1.23 bits per heavy atom. The number of aromatic nitrogens is 1. The van der Waals surface area contributed by atoms with Crippen molar-refractivity contribution in [2.24, 2.45) is 12.8 Å². The first-order valence-corrected chi connectivity index (χ1v) is 8.92. The smallest absolute Gasteiger partial charge is 0.250 e. The standard InChI is InChI=1S/C20H22FN3O2/c1-23-9-14(4-7-18(23)25)12-2-5-16-13(8-12)3-6-17(16)19(22)20(26)24-10-15(21)11-24/h2,4-5,7-9,15,17,19H,3,6,10-11,22H2,1H3/t17-,19-/m0/s1. The Kier molecular flexibility index (Phi) is 4.15. The van der Waals surface area contributed by atoms with Gasteiger partial charge < -0.3 is 15.2 Å². The Hall–Kier alpha value is -2.47. The highest BCUT2D eigenvalue weighted by Gasteiger charge is 2.38. The molecule has 0 bridgehead atoms. The van der Waals surface area contributed by atoms with Crippen molar-refractivity contribution in [3.8, 4) is 11.1 Å². The van der Waals surface area contributed by atoms with E-state index in [4.69, 9.17) is 5.73 Å². The molecule has 1 aliphatic heterocycles. The Labute approximate surface area is 151 Å². The fourth-order valence-corrected chi connectivity index (χ4v) is 3.96. The first kappa shape index (κ1) is 17.0. The van der Waals surface area contributed by atoms with Crippen LogP contribution in [0.3, 0.4) is 0 Å². The fourth-order valence-electron chi connectivity index (χ4n) is 3.96. The summed E-state index contributed by atoms with van der Waals surface area (Å²) < 4.78 is 14.6. The molecular formula is C20H22FN3O2. The van der Waals surface area contributed by atoms with E-state index in [1.54, 1.807) is 17.7 Å². The normalized spacial score (nSPS) is 20.6. The maximum absolute atomic E-state index is 13.0. The zero-order valence-electron chi connectivity index (χ0n) is 14.7. The number of pyridine rings is 1. The van der Waals surface area contributed by atoms with Crippen LogP contribution in [0, 0.1) is 0 Å². The molecule has 1 fully saturated rings. The molecule has 0 saturated carbocycles. The zero-order chi connectivity index (χ0) is 18.4. The van der Waals surface area contributed by atoms with Crippen molar-refractivity contribution in [1.82, 2.24) is 9.47 Å². The summed E-state index contributed by atoms with van der Waals surface area (Å²) in [5, 5.41) is 0. The number of likely N-dealkylation sites (tertiary alicyclic amines) is 1. The van der Waals surface area contributed by atoms with Crippen LogP contribution in [-0.2, 0) is 18.3 Å². The maximum Gasteiger partial charge on any atom is 0.250 e. The van der Waals surface area contributed by atoms with Gasteiger partial charge in [-0.1, -0.05) is 18.2 Å². The summed E-state index contributed by atoms with van der Waals surface area (Å²) in [5.41, 5.74) is 10.5. The number of fused-ring (bicyclic) bond motifs is 1. The number of nitrogens with zero attached hydrogens (tertiary/aromatic N) is 2. The van der Waals surface area contributed by atoms with Gasteiger partial charge in [-0.15, -0.1) is 0 Å². The number of alkyl halides is 1. The molecule has 2 N–H and O–H groups in total. The van der Waals surface area contributed by atoms with E-state index in [1.165, 1.54) is 10.5 Å². The van der Waals surface area contributed by atoms with E-state index >= 15 is 0 Å². The number of halogens is 1. The molecule has 4 rings (SSSR count). The number of hydrogen-bond acceptors (Lipinski definition) is 3. The van der Waals surface area contributed by atoms with Crippen LogP contribution >= 0.6 is 0 Å². The van der Waals surface area contributed by atoms with E-state index in [1.807, 2.05) is 24.4 Å². The van der Waals surface area contributed by atoms with Crippen molar-refractivity contribution >= 4 is 5.91 Å². The molecule has 136 valence electrons. The average Bonchev–Trinajstić information content (AvgIpc) is 3.03. The molecule has 26 heavy (non-hydrogen) atoms. The second kappa shape index (κ2) is 6.36. The minimum Gasteiger partial charge on any atom is -0.335 e. The number of amides is 1. The lowest BCUT2D eigenvalue weighted by molar-refractivity contribution is -0.140. The second-order valence-electron chi connectivity index (χ2n) is 7.29. The van der Waals surface area contributed by atoms with E-state index in [2.05, 4.69) is 6.07 Å². The molecule has 2 aromatic rings. The van der Waals surface area contributed by atoms with Crippen LogP contribution in [0.5, 0.6) is 0 Å². The van der Waals surface area contributed by atoms with Crippen LogP contribution < -0.4 is 11.3 Å². The van der Waals surface area contributed by atoms with Gasteiger partial charge in [0.15, 0.2) is 0 Å². The van der Waals surface area contributed by atoms with Crippen LogP contribution in [0.4, 0.5) is 4.39 Å². The molecule has 2 heterocycles. The summed E-state index contributed by atoms with van der Waals surface area (Å²) >= 11 is 0. The first-order valence-electron chi connectivity index (χ1n) is 8.92. The van der Waals surface area contributed by atoms with Crippen molar-refractivity contribution in [2.75, 3.05) is 13.1 Å². The van der Waals surface area contributed by atoms with E-state index in [-0.39, 0.29) is 30.5 Å². The van der Waals surface area contributed by atoms with Crippen molar-refractivity contribution in [3.05, 3.63) is 58.0 Å². The molecule has 1 saturated heterocycles. The number of benzene rings is 1. The predicted octanol–water partition coefficient (Wildman–Crippen LogP) is 1.59. The summed E-state index contributed by atoms with van der Waals surface area (Å²) in [6, 6.07) is 8.93. The predicted molar refractivity (Wildman–Crippen MR) is 97.6 cm³/mol. The number of carbonyl (C=O) groups is 1. The minimum absolute atomic E-state index is 0.0228. The third kappa shape index (κ3) is 2.84. The van der Waals surface area contributed by atoms with Gasteiger partial charge in [-0.3, -0.25) is 9.59 Å². The van der Waals surface area contributed by atoms with Crippen LogP contribution in [0.1, 0.15) is 23.5 Å². The van der Waals surface area contributed by atoms with Crippen molar-refractivity contribution in [1.29, 1.82) is 0 Å². The van der Waals surface area contributed by atoms with Gasteiger partial charge in [0.1, 0.15) is 6.17 Å². The Balaban J connectivity index is 1.57. The topological polar surface area (TPSA) is 68.3 Å². The summed E-state index contributed by atoms with van der Waals surface area (Å²) in [6.45, 7) is 0.329. The van der Waals surface area contributed by atoms with E-state index in [0.29, 0.717) is 0 Å². The van der Waals surface area contributed by atoms with Gasteiger partial charge in [0, 0.05) is 25.2 Å². The first-order chi connectivity index (χ1) is 12.4. The molecule has 5 nitrogen and oxygen atoms in total. The van der Waals surface area contributed by atoms with Gasteiger partial charge in [0.25, 0.3) is 0 Å². The number of rotatable bonds is 3. The number of hydrogen-bond donors (Lipinski definition) is 1.